The van der Waals surface area contributed by atoms with Crippen LogP contribution in [0.25, 0.3) is 10.2 Å². The fourth-order valence-corrected chi connectivity index (χ4v) is 4.37. The molecule has 20 heavy (non-hydrogen) atoms. The minimum atomic E-state index is 0.445. The van der Waals surface area contributed by atoms with Crippen LogP contribution in [-0.4, -0.2) is 11.5 Å². The molecule has 1 heterocycles. The molecule has 0 spiro atoms. The van der Waals surface area contributed by atoms with E-state index in [9.17, 15) is 0 Å². The minimum absolute atomic E-state index is 0.445. The third-order valence-electron chi connectivity index (χ3n) is 4.35. The smallest absolute Gasteiger partial charge is 0.111 e. The van der Waals surface area contributed by atoms with E-state index in [4.69, 9.17) is 4.98 Å². The molecule has 1 aliphatic rings. The van der Waals surface area contributed by atoms with Crippen LogP contribution in [0.3, 0.4) is 0 Å². The number of nitrogens with zero attached hydrogens (tertiary/aromatic N) is 1. The molecule has 1 atom stereocenters. The molecule has 0 amide bonds. The number of nitrogens with one attached hydrogen (secondary N) is 1. The standard InChI is InChI=1S/C17H24N2S/c1-2-18-15(12-13-8-4-3-5-9-13)17-19-14-10-6-7-11-16(14)20-17/h6-7,10-11,13,15,18H,2-5,8-9,12H2,1H3. The summed E-state index contributed by atoms with van der Waals surface area (Å²) >= 11 is 1.86. The highest BCUT2D eigenvalue weighted by Crippen LogP contribution is 2.34. The Morgan fingerprint density at radius 3 is 2.80 bits per heavy atom. The number of hydrogen-bond donors (Lipinski definition) is 1. The number of para-hydroxylation sites is 1. The highest BCUT2D eigenvalue weighted by Gasteiger charge is 2.22. The molecule has 1 aromatic carbocycles. The molecular formula is C17H24N2S. The molecule has 1 aromatic heterocycles. The summed E-state index contributed by atoms with van der Waals surface area (Å²) in [6.07, 6.45) is 8.35. The Kier molecular flexibility index (Phi) is 4.69. The van der Waals surface area contributed by atoms with Crippen molar-refractivity contribution >= 4 is 21.6 Å². The van der Waals surface area contributed by atoms with Gasteiger partial charge in [0.25, 0.3) is 0 Å². The van der Waals surface area contributed by atoms with E-state index >= 15 is 0 Å². The van der Waals surface area contributed by atoms with E-state index in [0.29, 0.717) is 6.04 Å². The van der Waals surface area contributed by atoms with Crippen LogP contribution >= 0.6 is 11.3 Å². The number of hydrogen-bond acceptors (Lipinski definition) is 3. The summed E-state index contributed by atoms with van der Waals surface area (Å²) in [4.78, 5) is 4.85. The third kappa shape index (κ3) is 3.21. The monoisotopic (exact) mass is 288 g/mol. The largest absolute Gasteiger partial charge is 0.308 e. The first kappa shape index (κ1) is 14.0. The lowest BCUT2D eigenvalue weighted by Gasteiger charge is -2.26. The number of thiazole rings is 1. The van der Waals surface area contributed by atoms with Gasteiger partial charge in [0.15, 0.2) is 0 Å². The van der Waals surface area contributed by atoms with Gasteiger partial charge in [-0.1, -0.05) is 51.2 Å². The molecule has 1 saturated carbocycles. The van der Waals surface area contributed by atoms with Gasteiger partial charge in [-0.3, -0.25) is 0 Å². The van der Waals surface area contributed by atoms with Gasteiger partial charge in [0.1, 0.15) is 5.01 Å². The van der Waals surface area contributed by atoms with Crippen molar-refractivity contribution in [3.05, 3.63) is 29.3 Å². The molecule has 1 unspecified atom stereocenters. The van der Waals surface area contributed by atoms with E-state index in [1.807, 2.05) is 11.3 Å². The Balaban J connectivity index is 1.77. The summed E-state index contributed by atoms with van der Waals surface area (Å²) < 4.78 is 1.31. The first-order valence-electron chi connectivity index (χ1n) is 7.95. The van der Waals surface area contributed by atoms with E-state index in [-0.39, 0.29) is 0 Å². The van der Waals surface area contributed by atoms with Crippen molar-refractivity contribution in [2.45, 2.75) is 51.5 Å². The lowest BCUT2D eigenvalue weighted by molar-refractivity contribution is 0.301. The van der Waals surface area contributed by atoms with Crippen LogP contribution in [0.5, 0.6) is 0 Å². The number of aromatic nitrogens is 1. The van der Waals surface area contributed by atoms with Crippen molar-refractivity contribution in [1.82, 2.24) is 10.3 Å². The molecule has 2 nitrogen and oxygen atoms in total. The zero-order chi connectivity index (χ0) is 13.8. The van der Waals surface area contributed by atoms with Gasteiger partial charge in [-0.05, 0) is 31.0 Å². The topological polar surface area (TPSA) is 24.9 Å². The van der Waals surface area contributed by atoms with E-state index in [2.05, 4.69) is 36.5 Å². The van der Waals surface area contributed by atoms with Crippen LogP contribution in [-0.2, 0) is 0 Å². The second-order valence-electron chi connectivity index (χ2n) is 5.87. The van der Waals surface area contributed by atoms with Crippen molar-refractivity contribution in [2.24, 2.45) is 5.92 Å². The predicted octanol–water partition coefficient (Wildman–Crippen LogP) is 4.92. The Labute approximate surface area is 125 Å². The fraction of sp³-hybridized carbons (Fsp3) is 0.588. The Morgan fingerprint density at radius 1 is 1.25 bits per heavy atom. The first-order chi connectivity index (χ1) is 9.86. The van der Waals surface area contributed by atoms with E-state index in [0.717, 1.165) is 18.0 Å². The number of benzene rings is 1. The summed E-state index contributed by atoms with van der Waals surface area (Å²) in [5.74, 6) is 0.889. The summed E-state index contributed by atoms with van der Waals surface area (Å²) in [6.45, 7) is 3.22. The molecule has 3 rings (SSSR count). The molecule has 0 radical (unpaired) electrons. The van der Waals surface area contributed by atoms with Gasteiger partial charge < -0.3 is 5.32 Å². The Bertz CT molecular complexity index is 510. The van der Waals surface area contributed by atoms with E-state index in [1.165, 1.54) is 48.2 Å². The summed E-state index contributed by atoms with van der Waals surface area (Å²) in [5, 5.41) is 4.93. The maximum Gasteiger partial charge on any atom is 0.111 e. The van der Waals surface area contributed by atoms with Gasteiger partial charge in [0, 0.05) is 0 Å². The second-order valence-corrected chi connectivity index (χ2v) is 6.93. The van der Waals surface area contributed by atoms with Crippen LogP contribution in [0.4, 0.5) is 0 Å². The number of rotatable bonds is 5. The van der Waals surface area contributed by atoms with Crippen molar-refractivity contribution in [1.29, 1.82) is 0 Å². The highest BCUT2D eigenvalue weighted by atomic mass is 32.1. The normalized spacial score (nSPS) is 18.4. The quantitative estimate of drug-likeness (QED) is 0.845. The molecule has 0 aliphatic heterocycles. The van der Waals surface area contributed by atoms with Gasteiger partial charge in [-0.2, -0.15) is 0 Å². The van der Waals surface area contributed by atoms with Crippen LogP contribution < -0.4 is 5.32 Å². The van der Waals surface area contributed by atoms with E-state index < -0.39 is 0 Å². The maximum absolute atomic E-state index is 4.85. The summed E-state index contributed by atoms with van der Waals surface area (Å²) in [5.41, 5.74) is 1.15. The Morgan fingerprint density at radius 2 is 2.05 bits per heavy atom. The highest BCUT2D eigenvalue weighted by molar-refractivity contribution is 7.18. The second kappa shape index (κ2) is 6.68. The van der Waals surface area contributed by atoms with Crippen molar-refractivity contribution in [3.8, 4) is 0 Å². The van der Waals surface area contributed by atoms with Crippen molar-refractivity contribution in [3.63, 3.8) is 0 Å². The molecule has 2 aromatic rings. The zero-order valence-corrected chi connectivity index (χ0v) is 13.1. The zero-order valence-electron chi connectivity index (χ0n) is 12.3. The SMILES string of the molecule is CCNC(CC1CCCCC1)c1nc2ccccc2s1. The molecule has 1 N–H and O–H groups in total. The third-order valence-corrected chi connectivity index (χ3v) is 5.50. The van der Waals surface area contributed by atoms with Gasteiger partial charge in [-0.25, -0.2) is 4.98 Å². The first-order valence-corrected chi connectivity index (χ1v) is 8.77. The van der Waals surface area contributed by atoms with Crippen molar-refractivity contribution in [2.75, 3.05) is 6.54 Å². The summed E-state index contributed by atoms with van der Waals surface area (Å²) in [7, 11) is 0. The fourth-order valence-electron chi connectivity index (χ4n) is 3.31. The van der Waals surface area contributed by atoms with Crippen LogP contribution in [0, 0.1) is 5.92 Å². The number of fused-ring (bicyclic) bond motifs is 1. The van der Waals surface area contributed by atoms with E-state index in [1.54, 1.807) is 0 Å². The van der Waals surface area contributed by atoms with Crippen molar-refractivity contribution < 1.29 is 0 Å². The van der Waals surface area contributed by atoms with Crippen LogP contribution in [0.1, 0.15) is 56.5 Å². The molecule has 108 valence electrons. The molecule has 0 saturated heterocycles. The van der Waals surface area contributed by atoms with Gasteiger partial charge in [-0.15, -0.1) is 11.3 Å². The molecule has 3 heteroatoms. The molecular weight excluding hydrogens is 264 g/mol. The van der Waals surface area contributed by atoms with Crippen LogP contribution in [0.2, 0.25) is 0 Å². The lowest BCUT2D eigenvalue weighted by Crippen LogP contribution is -2.24. The lowest BCUT2D eigenvalue weighted by atomic mass is 9.85. The Hall–Kier alpha value is -0.930. The average molecular weight is 288 g/mol. The maximum atomic E-state index is 4.85. The van der Waals surface area contributed by atoms with Crippen LogP contribution in [0.15, 0.2) is 24.3 Å². The van der Waals surface area contributed by atoms with Gasteiger partial charge >= 0.3 is 0 Å². The van der Waals surface area contributed by atoms with Gasteiger partial charge in [0.05, 0.1) is 16.3 Å². The predicted molar refractivity (Wildman–Crippen MR) is 87.2 cm³/mol. The summed E-state index contributed by atoms with van der Waals surface area (Å²) in [6, 6.07) is 8.93. The molecule has 0 bridgehead atoms. The van der Waals surface area contributed by atoms with Gasteiger partial charge in [0.2, 0.25) is 0 Å². The molecule has 1 aliphatic carbocycles. The molecule has 1 fully saturated rings. The minimum Gasteiger partial charge on any atom is -0.308 e. The average Bonchev–Trinajstić information content (AvgIpc) is 2.92.